The summed E-state index contributed by atoms with van der Waals surface area (Å²) in [6, 6.07) is 35.9. The Kier molecular flexibility index (Phi) is 5.04. The zero-order valence-electron chi connectivity index (χ0n) is 20.2. The van der Waals surface area contributed by atoms with E-state index in [9.17, 15) is 0 Å². The van der Waals surface area contributed by atoms with Gasteiger partial charge >= 0.3 is 0 Å². The summed E-state index contributed by atoms with van der Waals surface area (Å²) in [5, 5.41) is 5.52. The lowest BCUT2D eigenvalue weighted by Gasteiger charge is -2.21. The largest absolute Gasteiger partial charge is 0.456 e. The van der Waals surface area contributed by atoms with E-state index < -0.39 is 0 Å². The Hall–Kier alpha value is -4.17. The lowest BCUT2D eigenvalue weighted by Crippen LogP contribution is -2.10. The van der Waals surface area contributed by atoms with Crippen LogP contribution >= 0.6 is 0 Å². The molecule has 6 rings (SSSR count). The zero-order valence-corrected chi connectivity index (χ0v) is 20.2. The number of hydrogen-bond acceptors (Lipinski definition) is 2. The fourth-order valence-corrected chi connectivity index (χ4v) is 4.92. The van der Waals surface area contributed by atoms with Gasteiger partial charge in [0.05, 0.1) is 5.52 Å². The van der Waals surface area contributed by atoms with E-state index >= 15 is 0 Å². The van der Waals surface area contributed by atoms with E-state index in [-0.39, 0.29) is 5.41 Å². The van der Waals surface area contributed by atoms with Gasteiger partial charge in [0.2, 0.25) is 0 Å². The fraction of sp³-hybridized carbons (Fsp3) is 0.121. The summed E-state index contributed by atoms with van der Waals surface area (Å²) >= 11 is 0. The maximum absolute atomic E-state index is 6.74. The second kappa shape index (κ2) is 8.25. The van der Waals surface area contributed by atoms with Gasteiger partial charge in [0.15, 0.2) is 0 Å². The molecule has 0 saturated heterocycles. The van der Waals surface area contributed by atoms with E-state index in [2.05, 4.69) is 118 Å². The third-order valence-corrected chi connectivity index (χ3v) is 6.72. The third-order valence-electron chi connectivity index (χ3n) is 6.72. The van der Waals surface area contributed by atoms with Gasteiger partial charge < -0.3 is 4.74 Å². The molecule has 0 aliphatic heterocycles. The predicted octanol–water partition coefficient (Wildman–Crippen LogP) is 9.30. The summed E-state index contributed by atoms with van der Waals surface area (Å²) in [4.78, 5) is 4.83. The highest BCUT2D eigenvalue weighted by Crippen LogP contribution is 2.46. The summed E-state index contributed by atoms with van der Waals surface area (Å²) in [5.74, 6) is 1.70. The van der Waals surface area contributed by atoms with E-state index in [1.807, 2.05) is 12.3 Å². The minimum atomic E-state index is 0.0944. The van der Waals surface area contributed by atoms with E-state index in [0.29, 0.717) is 0 Å². The summed E-state index contributed by atoms with van der Waals surface area (Å²) in [6.45, 7) is 6.68. The number of benzene rings is 5. The molecule has 5 aromatic carbocycles. The average Bonchev–Trinajstić information content (AvgIpc) is 2.88. The molecule has 0 aliphatic carbocycles. The van der Waals surface area contributed by atoms with Crippen LogP contribution in [-0.4, -0.2) is 4.98 Å². The number of nitrogens with zero attached hydrogens (tertiary/aromatic N) is 1. The van der Waals surface area contributed by atoms with Crippen LogP contribution in [0.3, 0.4) is 0 Å². The maximum atomic E-state index is 6.74. The van der Waals surface area contributed by atoms with Gasteiger partial charge in [0.1, 0.15) is 11.5 Å². The van der Waals surface area contributed by atoms with Crippen molar-refractivity contribution in [3.05, 3.63) is 115 Å². The molecule has 0 amide bonds. The Morgan fingerprint density at radius 2 is 1.23 bits per heavy atom. The number of pyridine rings is 1. The molecule has 2 heteroatoms. The molecule has 35 heavy (non-hydrogen) atoms. The summed E-state index contributed by atoms with van der Waals surface area (Å²) in [5.41, 5.74) is 4.70. The number of aromatic nitrogens is 1. The molecule has 6 aromatic rings. The van der Waals surface area contributed by atoms with Crippen LogP contribution < -0.4 is 4.74 Å². The highest BCUT2D eigenvalue weighted by molar-refractivity contribution is 6.23. The van der Waals surface area contributed by atoms with Crippen molar-refractivity contribution in [1.29, 1.82) is 0 Å². The first kappa shape index (κ1) is 21.4. The quantitative estimate of drug-likeness (QED) is 0.197. The van der Waals surface area contributed by atoms with Gasteiger partial charge in [-0.05, 0) is 45.7 Å². The van der Waals surface area contributed by atoms with E-state index in [1.54, 1.807) is 0 Å². The van der Waals surface area contributed by atoms with Crippen LogP contribution in [0.25, 0.3) is 43.6 Å². The molecular weight excluding hydrogens is 426 g/mol. The number of hydrogen-bond donors (Lipinski definition) is 0. The third kappa shape index (κ3) is 3.72. The second-order valence-corrected chi connectivity index (χ2v) is 10.1. The van der Waals surface area contributed by atoms with Crippen LogP contribution in [-0.2, 0) is 5.41 Å². The van der Waals surface area contributed by atoms with Crippen LogP contribution in [0.4, 0.5) is 0 Å². The highest BCUT2D eigenvalue weighted by atomic mass is 16.5. The van der Waals surface area contributed by atoms with Crippen molar-refractivity contribution in [3.63, 3.8) is 0 Å². The average molecular weight is 454 g/mol. The Morgan fingerprint density at radius 1 is 0.600 bits per heavy atom. The minimum Gasteiger partial charge on any atom is -0.456 e. The topological polar surface area (TPSA) is 22.1 Å². The molecule has 0 aliphatic rings. The van der Waals surface area contributed by atoms with Gasteiger partial charge in [-0.2, -0.15) is 0 Å². The Labute approximate surface area is 205 Å². The SMILES string of the molecule is CC(C)(C)c1ccc(Oc2c3ccccc3c(-c3ccccc3)c3cnc4ccccc4c23)cc1. The van der Waals surface area contributed by atoms with Crippen molar-refractivity contribution in [2.45, 2.75) is 26.2 Å². The highest BCUT2D eigenvalue weighted by Gasteiger charge is 2.20. The number of rotatable bonds is 3. The summed E-state index contributed by atoms with van der Waals surface area (Å²) < 4.78 is 6.74. The van der Waals surface area contributed by atoms with Crippen molar-refractivity contribution >= 4 is 32.4 Å². The molecule has 0 N–H and O–H groups in total. The maximum Gasteiger partial charge on any atom is 0.143 e. The predicted molar refractivity (Wildman–Crippen MR) is 147 cm³/mol. The molecule has 2 nitrogen and oxygen atoms in total. The van der Waals surface area contributed by atoms with E-state index in [0.717, 1.165) is 43.9 Å². The molecule has 0 fully saturated rings. The molecule has 0 unspecified atom stereocenters. The molecule has 0 atom stereocenters. The first-order valence-electron chi connectivity index (χ1n) is 12.1. The standard InChI is InChI=1S/C33H27NO/c1-33(2,3)23-17-19-24(20-18-23)35-32-26-14-8-7-13-25(26)30(22-11-5-4-6-12-22)28-21-34-29-16-10-9-15-27(29)31(28)32/h4-21H,1-3H3. The van der Waals surface area contributed by atoms with Gasteiger partial charge in [-0.3, -0.25) is 4.98 Å². The van der Waals surface area contributed by atoms with Gasteiger partial charge in [-0.25, -0.2) is 0 Å². The molecule has 0 bridgehead atoms. The van der Waals surface area contributed by atoms with Gasteiger partial charge in [-0.15, -0.1) is 0 Å². The molecule has 1 heterocycles. The van der Waals surface area contributed by atoms with Crippen LogP contribution in [0, 0.1) is 0 Å². The normalized spacial score (nSPS) is 11.9. The number of ether oxygens (including phenoxy) is 1. The molecule has 1 aromatic heterocycles. The smallest absolute Gasteiger partial charge is 0.143 e. The Bertz CT molecular complexity index is 1680. The Morgan fingerprint density at radius 3 is 1.94 bits per heavy atom. The van der Waals surface area contributed by atoms with Crippen LogP contribution in [0.5, 0.6) is 11.5 Å². The first-order valence-corrected chi connectivity index (χ1v) is 12.1. The molecule has 0 radical (unpaired) electrons. The molecule has 0 spiro atoms. The first-order chi connectivity index (χ1) is 17.0. The van der Waals surface area contributed by atoms with Crippen LogP contribution in [0.15, 0.2) is 109 Å². The molecule has 170 valence electrons. The molecule has 0 saturated carbocycles. The van der Waals surface area contributed by atoms with Crippen molar-refractivity contribution < 1.29 is 4.74 Å². The van der Waals surface area contributed by atoms with Crippen molar-refractivity contribution in [2.24, 2.45) is 0 Å². The molecular formula is C33H27NO. The number of para-hydroxylation sites is 1. The van der Waals surface area contributed by atoms with Gasteiger partial charge in [0, 0.05) is 27.7 Å². The van der Waals surface area contributed by atoms with E-state index in [4.69, 9.17) is 9.72 Å². The van der Waals surface area contributed by atoms with Crippen molar-refractivity contribution in [1.82, 2.24) is 4.98 Å². The zero-order chi connectivity index (χ0) is 24.0. The van der Waals surface area contributed by atoms with Gasteiger partial charge in [-0.1, -0.05) is 106 Å². The lowest BCUT2D eigenvalue weighted by molar-refractivity contribution is 0.492. The summed E-state index contributed by atoms with van der Waals surface area (Å²) in [6.07, 6.45) is 2.00. The van der Waals surface area contributed by atoms with Crippen molar-refractivity contribution in [2.75, 3.05) is 0 Å². The van der Waals surface area contributed by atoms with Gasteiger partial charge in [0.25, 0.3) is 0 Å². The fourth-order valence-electron chi connectivity index (χ4n) is 4.92. The monoisotopic (exact) mass is 453 g/mol. The summed E-state index contributed by atoms with van der Waals surface area (Å²) in [7, 11) is 0. The van der Waals surface area contributed by atoms with E-state index in [1.165, 1.54) is 16.7 Å². The van der Waals surface area contributed by atoms with Crippen LogP contribution in [0.2, 0.25) is 0 Å². The van der Waals surface area contributed by atoms with Crippen molar-refractivity contribution in [3.8, 4) is 22.6 Å². The second-order valence-electron chi connectivity index (χ2n) is 10.1. The lowest BCUT2D eigenvalue weighted by atomic mass is 9.87. The minimum absolute atomic E-state index is 0.0944. The van der Waals surface area contributed by atoms with Crippen LogP contribution in [0.1, 0.15) is 26.3 Å². The number of fused-ring (bicyclic) bond motifs is 4. The Balaban J connectivity index is 1.69.